The number of para-hydroxylation sites is 2. The number of benzene rings is 2. The molecule has 13 atom stereocenters. The molecule has 7 unspecified atom stereocenters. The summed E-state index contributed by atoms with van der Waals surface area (Å²) in [6.45, 7) is 14.9. The number of aromatic nitrogens is 4. The zero-order valence-corrected chi connectivity index (χ0v) is 63.8. The Hall–Kier alpha value is -9.47. The third kappa shape index (κ3) is 21.9. The Morgan fingerprint density at radius 2 is 0.889 bits per heavy atom. The molecule has 108 heavy (non-hydrogen) atoms. The van der Waals surface area contributed by atoms with Crippen LogP contribution in [0.2, 0.25) is 0 Å². The van der Waals surface area contributed by atoms with E-state index < -0.39 is 118 Å². The third-order valence-electron chi connectivity index (χ3n) is 22.1. The lowest BCUT2D eigenvalue weighted by atomic mass is 9.81. The average Bonchev–Trinajstić information content (AvgIpc) is 1.60. The number of amides is 10. The smallest absolute Gasteiger partial charge is 0.322 e. The molecule has 2 aromatic heterocycles. The molecule has 6 fully saturated rings. The number of rotatable bonds is 28. The van der Waals surface area contributed by atoms with Crippen LogP contribution >= 0.6 is 0 Å². The molecule has 4 aromatic rings. The molecule has 28 heteroatoms. The number of carbonyl (C=O) groups excluding carboxylic acids is 11. The number of Topliss-reactive ketones (excluding diaryl/α,β-unsaturated/α-hetero) is 1. The van der Waals surface area contributed by atoms with Crippen molar-refractivity contribution in [2.45, 2.75) is 276 Å². The van der Waals surface area contributed by atoms with E-state index in [-0.39, 0.29) is 65.4 Å². The minimum atomic E-state index is -1.61. The van der Waals surface area contributed by atoms with Crippen molar-refractivity contribution in [3.05, 3.63) is 109 Å². The number of nitrogens with one attached hydrogen (secondary N) is 8. The van der Waals surface area contributed by atoms with E-state index in [0.29, 0.717) is 50.0 Å². The second kappa shape index (κ2) is 39.1. The normalized spacial score (nSPS) is 22.1. The molecule has 2 saturated heterocycles. The summed E-state index contributed by atoms with van der Waals surface area (Å²) in [6, 6.07) is 8.96. The number of fused-ring (bicyclic) bond motifs is 2. The first-order valence-corrected chi connectivity index (χ1v) is 39.0. The molecule has 10 amide bonds. The van der Waals surface area contributed by atoms with Crippen LogP contribution in [0.5, 0.6) is 11.5 Å². The maximum atomic E-state index is 14.9. The molecule has 28 nitrogen and oxygen atoms in total. The number of aliphatic hydroxyl groups is 1. The van der Waals surface area contributed by atoms with Gasteiger partial charge in [-0.1, -0.05) is 169 Å². The maximum absolute atomic E-state index is 14.9. The van der Waals surface area contributed by atoms with Crippen molar-refractivity contribution in [2.75, 3.05) is 0 Å². The van der Waals surface area contributed by atoms with Gasteiger partial charge < -0.3 is 56.5 Å². The van der Waals surface area contributed by atoms with Gasteiger partial charge in [-0.05, 0) is 136 Å². The molecule has 0 bridgehead atoms. The molecule has 586 valence electrons. The molecule has 2 aliphatic heterocycles. The summed E-state index contributed by atoms with van der Waals surface area (Å²) in [5.41, 5.74) is 3.10. The lowest BCUT2D eigenvalue weighted by Crippen LogP contribution is -2.63. The maximum Gasteiger partial charge on any atom is 0.322 e. The number of hydrogen-bond donors (Lipinski definition) is 9. The summed E-state index contributed by atoms with van der Waals surface area (Å²) in [5, 5.41) is 28.7. The zero-order valence-electron chi connectivity index (χ0n) is 63.8. The van der Waals surface area contributed by atoms with Crippen molar-refractivity contribution in [1.82, 2.24) is 72.6 Å². The van der Waals surface area contributed by atoms with Crippen LogP contribution in [-0.4, -0.2) is 166 Å². The summed E-state index contributed by atoms with van der Waals surface area (Å²) < 4.78 is 0. The van der Waals surface area contributed by atoms with E-state index in [0.717, 1.165) is 109 Å². The predicted octanol–water partition coefficient (Wildman–Crippen LogP) is 7.41. The van der Waals surface area contributed by atoms with Crippen LogP contribution in [-0.2, 0) is 43.2 Å². The van der Waals surface area contributed by atoms with Gasteiger partial charge >= 0.3 is 5.91 Å². The highest BCUT2D eigenvalue weighted by Gasteiger charge is 2.54. The van der Waals surface area contributed by atoms with Gasteiger partial charge in [0.05, 0.1) is 24.5 Å². The van der Waals surface area contributed by atoms with Crippen molar-refractivity contribution in [2.24, 2.45) is 34.5 Å². The molecule has 4 saturated carbocycles. The van der Waals surface area contributed by atoms with Crippen molar-refractivity contribution >= 4 is 64.9 Å². The minimum Gasteiger partial charge on any atom is -0.381 e. The van der Waals surface area contributed by atoms with Gasteiger partial charge in [0.1, 0.15) is 47.6 Å². The van der Waals surface area contributed by atoms with Crippen LogP contribution in [0.4, 0.5) is 0 Å². The highest BCUT2D eigenvalue weighted by atomic mass is 16.7. The summed E-state index contributed by atoms with van der Waals surface area (Å²) in [6.07, 6.45) is 25.0. The van der Waals surface area contributed by atoms with Crippen LogP contribution in [0.1, 0.15) is 230 Å². The van der Waals surface area contributed by atoms with Gasteiger partial charge in [0.15, 0.2) is 17.6 Å². The quantitative estimate of drug-likeness (QED) is 0.0197. The molecule has 2 aromatic carbocycles. The highest BCUT2D eigenvalue weighted by molar-refractivity contribution is 6.38. The minimum absolute atomic E-state index is 0.0684. The molecule has 9 N–H and O–H groups in total. The summed E-state index contributed by atoms with van der Waals surface area (Å²) in [7, 11) is 0. The Bertz CT molecular complexity index is 3690. The number of ketones is 1. The summed E-state index contributed by atoms with van der Waals surface area (Å²) in [5.74, 6) is -5.72. The van der Waals surface area contributed by atoms with E-state index in [9.17, 15) is 57.8 Å². The van der Waals surface area contributed by atoms with E-state index in [1.54, 1.807) is 70.5 Å². The number of nitrogens with zero attached hydrogens (tertiary/aromatic N) is 6. The number of hydrogen-bond acceptors (Lipinski definition) is 18. The Balaban J connectivity index is 0.000000249. The number of likely N-dealkylation sites (tertiary alicyclic amines) is 2. The molecule has 0 radical (unpaired) electrons. The molecule has 0 spiro atoms. The van der Waals surface area contributed by atoms with E-state index in [2.05, 4.69) is 62.8 Å². The molecular weight excluding hydrogens is 1380 g/mol. The SMILES string of the molecule is CCC[C@H](NC(=O)C1CC2CCCCC2N1C(=O)[C@@H](NC(=O)[C@@H](NC(=O)c1cnccn1)C1CCCCC1)C(C)(C)C)C(=O)C(=O)NOc1ccccc1.CCC[C@H](NC(=O)C1CC2CCCCC2N1C(=O)[C@@H](NC(=O)[C@@H](NC(=O)c1cnccn1)C1CCCCC1)C(C)(C)C)C(O)C(=O)NOc1ccccc1. The molecule has 4 aliphatic carbocycles. The number of aliphatic hydroxyl groups excluding tert-OH is 1. The van der Waals surface area contributed by atoms with Gasteiger partial charge in [-0.25, -0.2) is 9.97 Å². The fourth-order valence-electron chi connectivity index (χ4n) is 16.4. The topological polar surface area (TPSA) is 381 Å². The van der Waals surface area contributed by atoms with Gasteiger partial charge in [0, 0.05) is 36.9 Å². The van der Waals surface area contributed by atoms with Crippen LogP contribution in [0.25, 0.3) is 0 Å². The first-order valence-electron chi connectivity index (χ1n) is 39.0. The molecule has 6 aliphatic rings. The molecule has 4 heterocycles. The first kappa shape index (κ1) is 82.6. The van der Waals surface area contributed by atoms with E-state index in [1.165, 1.54) is 37.2 Å². The summed E-state index contributed by atoms with van der Waals surface area (Å²) in [4.78, 5) is 183. The standard InChI is InChI=1S/C40H57N7O7.C40H55N7O7/c2*1-5-14-28(33(48)38(52)46-54-27-18-10-7-11-19-27)43-36(50)31-23-26-17-12-13-20-30(26)47(31)39(53)34(40(2,3)4)45-37(51)32(25-15-8-6-9-16-25)44-35(49)29-24-41-21-22-42-29/h7,10-11,18-19,21-22,24-26,28,30-34,48H,5-6,8-9,12-17,20,23H2,1-4H3,(H,43,50)(H,44,49)(H,45,51)(H,46,52);7,10-11,18-19,21-22,24-26,28,30-32,34H,5-6,8-9,12-17,20,23H2,1-4H3,(H,43,50)(H,44,49)(H,45,51)(H,46,52)/t26?,28-,30?,31?,32-,33?,34+;26?,28-,30?,31?,32-,34+/m00/s1. The number of carbonyl (C=O) groups is 11. The summed E-state index contributed by atoms with van der Waals surface area (Å²) >= 11 is 0. The van der Waals surface area contributed by atoms with E-state index >= 15 is 0 Å². The average molecular weight is 1490 g/mol. The van der Waals surface area contributed by atoms with Crippen LogP contribution in [0, 0.1) is 34.5 Å². The fourth-order valence-corrected chi connectivity index (χ4v) is 16.4. The van der Waals surface area contributed by atoms with Crippen LogP contribution in [0.3, 0.4) is 0 Å². The predicted molar refractivity (Wildman–Crippen MR) is 400 cm³/mol. The molecule has 10 rings (SSSR count). The van der Waals surface area contributed by atoms with Gasteiger partial charge in [-0.15, -0.1) is 0 Å². The lowest BCUT2D eigenvalue weighted by Gasteiger charge is -2.40. The van der Waals surface area contributed by atoms with Gasteiger partial charge in [0.2, 0.25) is 41.2 Å². The monoisotopic (exact) mass is 1490 g/mol. The van der Waals surface area contributed by atoms with Gasteiger partial charge in [-0.3, -0.25) is 62.7 Å². The Kier molecular flexibility index (Phi) is 29.9. The largest absolute Gasteiger partial charge is 0.381 e. The Morgan fingerprint density at radius 1 is 0.481 bits per heavy atom. The van der Waals surface area contributed by atoms with Crippen molar-refractivity contribution in [3.63, 3.8) is 0 Å². The van der Waals surface area contributed by atoms with Gasteiger partial charge in [0.25, 0.3) is 17.7 Å². The van der Waals surface area contributed by atoms with Crippen molar-refractivity contribution in [3.8, 4) is 11.5 Å². The van der Waals surface area contributed by atoms with Gasteiger partial charge in [-0.2, -0.15) is 11.0 Å². The Labute approximate surface area is 633 Å². The van der Waals surface area contributed by atoms with Crippen molar-refractivity contribution < 1.29 is 67.5 Å². The fraction of sp³-hybridized carbons (Fsp3) is 0.613. The Morgan fingerprint density at radius 3 is 1.30 bits per heavy atom. The molecular formula is C80H112N14O14. The number of hydroxylamine groups is 2. The van der Waals surface area contributed by atoms with E-state index in [4.69, 9.17) is 9.68 Å². The lowest BCUT2D eigenvalue weighted by molar-refractivity contribution is -0.148. The highest BCUT2D eigenvalue weighted by Crippen LogP contribution is 2.44. The van der Waals surface area contributed by atoms with Crippen molar-refractivity contribution in [1.29, 1.82) is 0 Å². The zero-order chi connectivity index (χ0) is 77.7. The first-order chi connectivity index (χ1) is 51.8. The third-order valence-corrected chi connectivity index (χ3v) is 22.1. The second-order valence-electron chi connectivity index (χ2n) is 32.0. The second-order valence-corrected chi connectivity index (χ2v) is 32.0. The van der Waals surface area contributed by atoms with Crippen LogP contribution in [0.15, 0.2) is 97.8 Å². The van der Waals surface area contributed by atoms with Crippen LogP contribution < -0.4 is 52.5 Å². The van der Waals surface area contributed by atoms with E-state index in [1.807, 2.05) is 55.4 Å².